The van der Waals surface area contributed by atoms with Crippen LogP contribution in [0.5, 0.6) is 0 Å². The molecule has 2 aliphatic rings. The first-order valence-corrected chi connectivity index (χ1v) is 13.8. The molecule has 218 valence electrons. The van der Waals surface area contributed by atoms with Crippen molar-refractivity contribution in [1.29, 1.82) is 0 Å². The first kappa shape index (κ1) is 33.9. The van der Waals surface area contributed by atoms with Crippen LogP contribution in [0.3, 0.4) is 0 Å². The van der Waals surface area contributed by atoms with Gasteiger partial charge in [-0.15, -0.1) is 5.06 Å². The standard InChI is InChI=1S/C15H23NO3.C14H21NO5/c1-4-15(2,3)12(17)8-6-5-7-11-16-13(18)9-10-14(16)19;1-14(2,3)10(16)6-4-5-7-13(19)20-15-11(17)8-9-12(15)18/h9-10H,4-8,11H2,1-3H3;4-9H2,1-3H3. The molecule has 0 unspecified atom stereocenters. The van der Waals surface area contributed by atoms with Crippen molar-refractivity contribution in [1.82, 2.24) is 9.96 Å². The van der Waals surface area contributed by atoms with E-state index in [1.165, 1.54) is 17.1 Å². The summed E-state index contributed by atoms with van der Waals surface area (Å²) in [6.07, 6.45) is 8.27. The summed E-state index contributed by atoms with van der Waals surface area (Å²) < 4.78 is 0. The van der Waals surface area contributed by atoms with E-state index >= 15 is 0 Å². The Balaban J connectivity index is 0.000000391. The normalized spacial score (nSPS) is 15.5. The van der Waals surface area contributed by atoms with Gasteiger partial charge in [-0.25, -0.2) is 4.79 Å². The summed E-state index contributed by atoms with van der Waals surface area (Å²) >= 11 is 0. The number of amides is 4. The second-order valence-electron chi connectivity index (χ2n) is 11.6. The van der Waals surface area contributed by atoms with Gasteiger partial charge in [0.25, 0.3) is 23.6 Å². The zero-order chi connectivity index (χ0) is 29.8. The van der Waals surface area contributed by atoms with Crippen LogP contribution in [0, 0.1) is 10.8 Å². The highest BCUT2D eigenvalue weighted by molar-refractivity contribution is 6.12. The molecule has 0 spiro atoms. The minimum atomic E-state index is -0.614. The van der Waals surface area contributed by atoms with Crippen molar-refractivity contribution in [2.75, 3.05) is 6.54 Å². The van der Waals surface area contributed by atoms with Gasteiger partial charge >= 0.3 is 5.97 Å². The molecule has 0 bridgehead atoms. The van der Waals surface area contributed by atoms with Gasteiger partial charge in [-0.1, -0.05) is 48.0 Å². The summed E-state index contributed by atoms with van der Waals surface area (Å²) in [5, 5.41) is 0.544. The van der Waals surface area contributed by atoms with Gasteiger partial charge in [-0.05, 0) is 32.1 Å². The third kappa shape index (κ3) is 11.6. The van der Waals surface area contributed by atoms with E-state index in [4.69, 9.17) is 4.84 Å². The number of unbranched alkanes of at least 4 members (excludes halogenated alkanes) is 3. The number of ketones is 2. The Morgan fingerprint density at radius 1 is 0.744 bits per heavy atom. The van der Waals surface area contributed by atoms with Crippen LogP contribution in [0.4, 0.5) is 0 Å². The number of hydroxylamine groups is 2. The third-order valence-corrected chi connectivity index (χ3v) is 6.89. The van der Waals surface area contributed by atoms with E-state index in [1.807, 2.05) is 41.5 Å². The molecule has 4 amide bonds. The number of Topliss-reactive ketones (excluding diaryl/α,β-unsaturated/α-hetero) is 2. The van der Waals surface area contributed by atoms with Crippen molar-refractivity contribution >= 4 is 41.2 Å². The number of hydrogen-bond acceptors (Lipinski definition) is 8. The van der Waals surface area contributed by atoms with Gasteiger partial charge in [0, 0.05) is 61.6 Å². The molecule has 1 fully saturated rings. The molecule has 0 aliphatic carbocycles. The number of nitrogens with zero attached hydrogens (tertiary/aromatic N) is 2. The number of carbonyl (C=O) groups is 7. The minimum Gasteiger partial charge on any atom is -0.330 e. The van der Waals surface area contributed by atoms with Gasteiger partial charge in [-0.3, -0.25) is 33.7 Å². The monoisotopic (exact) mass is 548 g/mol. The Labute approximate surface area is 231 Å². The van der Waals surface area contributed by atoms with E-state index in [2.05, 4.69) is 0 Å². The van der Waals surface area contributed by atoms with Crippen LogP contribution in [-0.2, 0) is 38.4 Å². The first-order chi connectivity index (χ1) is 18.1. The molecule has 2 aliphatic heterocycles. The van der Waals surface area contributed by atoms with Crippen molar-refractivity contribution in [3.63, 3.8) is 0 Å². The van der Waals surface area contributed by atoms with Gasteiger partial charge in [0.15, 0.2) is 0 Å². The maximum Gasteiger partial charge on any atom is 0.333 e. The van der Waals surface area contributed by atoms with Gasteiger partial charge in [0.2, 0.25) is 0 Å². The van der Waals surface area contributed by atoms with Crippen LogP contribution >= 0.6 is 0 Å². The molecule has 39 heavy (non-hydrogen) atoms. The minimum absolute atomic E-state index is 0.0895. The van der Waals surface area contributed by atoms with Crippen LogP contribution in [0.2, 0.25) is 0 Å². The predicted octanol–water partition coefficient (Wildman–Crippen LogP) is 4.25. The molecule has 10 nitrogen and oxygen atoms in total. The number of imide groups is 2. The Hall–Kier alpha value is -3.17. The van der Waals surface area contributed by atoms with E-state index in [-0.39, 0.29) is 47.7 Å². The van der Waals surface area contributed by atoms with Crippen molar-refractivity contribution in [2.45, 2.75) is 112 Å². The summed E-state index contributed by atoms with van der Waals surface area (Å²) in [4.78, 5) is 86.0. The zero-order valence-corrected chi connectivity index (χ0v) is 24.3. The Morgan fingerprint density at radius 3 is 1.74 bits per heavy atom. The predicted molar refractivity (Wildman–Crippen MR) is 144 cm³/mol. The number of hydrogen-bond donors (Lipinski definition) is 0. The summed E-state index contributed by atoms with van der Waals surface area (Å²) in [7, 11) is 0. The second kappa shape index (κ2) is 15.4. The van der Waals surface area contributed by atoms with E-state index in [0.29, 0.717) is 43.1 Å². The summed E-state index contributed by atoms with van der Waals surface area (Å²) in [5.41, 5.74) is -0.598. The summed E-state index contributed by atoms with van der Waals surface area (Å²) in [5.74, 6) is -1.59. The smallest absolute Gasteiger partial charge is 0.330 e. The Morgan fingerprint density at radius 2 is 1.23 bits per heavy atom. The number of rotatable bonds is 14. The molecule has 2 rings (SSSR count). The maximum absolute atomic E-state index is 11.9. The lowest BCUT2D eigenvalue weighted by Gasteiger charge is -2.20. The summed E-state index contributed by atoms with van der Waals surface area (Å²) in [6, 6.07) is 0. The molecule has 1 saturated heterocycles. The van der Waals surface area contributed by atoms with Crippen LogP contribution in [0.15, 0.2) is 12.2 Å². The van der Waals surface area contributed by atoms with Gasteiger partial charge < -0.3 is 4.84 Å². The van der Waals surface area contributed by atoms with Crippen LogP contribution in [0.1, 0.15) is 112 Å². The van der Waals surface area contributed by atoms with Crippen molar-refractivity contribution in [3.05, 3.63) is 12.2 Å². The molecule has 0 aromatic carbocycles. The molecule has 0 atom stereocenters. The quantitative estimate of drug-likeness (QED) is 0.232. The molecule has 0 aromatic heterocycles. The van der Waals surface area contributed by atoms with Crippen molar-refractivity contribution in [3.8, 4) is 0 Å². The average Bonchev–Trinajstić information content (AvgIpc) is 3.35. The zero-order valence-electron chi connectivity index (χ0n) is 24.3. The average molecular weight is 549 g/mol. The molecule has 0 aromatic rings. The van der Waals surface area contributed by atoms with Crippen molar-refractivity contribution < 1.29 is 38.4 Å². The second-order valence-corrected chi connectivity index (χ2v) is 11.6. The lowest BCUT2D eigenvalue weighted by atomic mass is 9.83. The van der Waals surface area contributed by atoms with E-state index < -0.39 is 17.8 Å². The van der Waals surface area contributed by atoms with E-state index in [1.54, 1.807) is 0 Å². The SMILES string of the molecule is CC(C)(C)C(=O)CCCCC(=O)ON1C(=O)CCC1=O.CCC(C)(C)C(=O)CCCCCN1C(=O)C=CC1=O. The lowest BCUT2D eigenvalue weighted by molar-refractivity contribution is -0.197. The molecule has 2 heterocycles. The first-order valence-electron chi connectivity index (χ1n) is 13.8. The molecule has 0 saturated carbocycles. The topological polar surface area (TPSA) is 135 Å². The van der Waals surface area contributed by atoms with Gasteiger partial charge in [0.05, 0.1) is 0 Å². The fraction of sp³-hybridized carbons (Fsp3) is 0.690. The van der Waals surface area contributed by atoms with E-state index in [0.717, 1.165) is 25.7 Å². The lowest BCUT2D eigenvalue weighted by Crippen LogP contribution is -2.31. The van der Waals surface area contributed by atoms with Crippen LogP contribution < -0.4 is 0 Å². The largest absolute Gasteiger partial charge is 0.333 e. The fourth-order valence-electron chi connectivity index (χ4n) is 3.65. The highest BCUT2D eigenvalue weighted by atomic mass is 16.7. The van der Waals surface area contributed by atoms with E-state index in [9.17, 15) is 33.6 Å². The van der Waals surface area contributed by atoms with Crippen LogP contribution in [-0.4, -0.2) is 57.7 Å². The molecular weight excluding hydrogens is 504 g/mol. The summed E-state index contributed by atoms with van der Waals surface area (Å²) in [6.45, 7) is 12.0. The fourth-order valence-corrected chi connectivity index (χ4v) is 3.65. The Kier molecular flexibility index (Phi) is 13.4. The van der Waals surface area contributed by atoms with Gasteiger partial charge in [-0.2, -0.15) is 0 Å². The molecule has 10 heteroatoms. The highest BCUT2D eigenvalue weighted by Gasteiger charge is 2.32. The maximum atomic E-state index is 11.9. The van der Waals surface area contributed by atoms with Crippen LogP contribution in [0.25, 0.3) is 0 Å². The van der Waals surface area contributed by atoms with Gasteiger partial charge in [0.1, 0.15) is 11.6 Å². The van der Waals surface area contributed by atoms with Crippen molar-refractivity contribution in [2.24, 2.45) is 10.8 Å². The molecule has 0 radical (unpaired) electrons. The number of carbonyl (C=O) groups excluding carboxylic acids is 7. The molecule has 0 N–H and O–H groups in total. The Bertz CT molecular complexity index is 940. The third-order valence-electron chi connectivity index (χ3n) is 6.89. The highest BCUT2D eigenvalue weighted by Crippen LogP contribution is 2.24. The molecular formula is C29H44N2O8.